The fourth-order valence-corrected chi connectivity index (χ4v) is 2.35. The van der Waals surface area contributed by atoms with E-state index < -0.39 is 11.4 Å². The largest absolute Gasteiger partial charge is 0.489 e. The second kappa shape index (κ2) is 4.97. The van der Waals surface area contributed by atoms with Gasteiger partial charge in [0.25, 0.3) is 0 Å². The summed E-state index contributed by atoms with van der Waals surface area (Å²) >= 11 is 0. The molecule has 3 rings (SSSR count). The summed E-state index contributed by atoms with van der Waals surface area (Å²) in [4.78, 5) is 25.7. The quantitative estimate of drug-likeness (QED) is 0.775. The second-order valence-electron chi connectivity index (χ2n) is 4.78. The lowest BCUT2D eigenvalue weighted by atomic mass is 10.1. The van der Waals surface area contributed by atoms with Gasteiger partial charge in [-0.05, 0) is 25.1 Å². The van der Waals surface area contributed by atoms with E-state index >= 15 is 0 Å². The SMILES string of the molecule is O=C(O)c1c[nH]c2cc(O[C@H]3CCNC3)ccc2c1=O. The highest BCUT2D eigenvalue weighted by molar-refractivity contribution is 5.92. The first-order valence-electron chi connectivity index (χ1n) is 6.41. The van der Waals surface area contributed by atoms with E-state index in [1.165, 1.54) is 6.20 Å². The molecule has 0 bridgehead atoms. The molecule has 0 aliphatic carbocycles. The summed E-state index contributed by atoms with van der Waals surface area (Å²) in [6.07, 6.45) is 2.30. The Bertz CT molecular complexity index is 717. The molecule has 104 valence electrons. The number of carboxylic acids is 1. The molecule has 20 heavy (non-hydrogen) atoms. The van der Waals surface area contributed by atoms with E-state index in [1.807, 2.05) is 0 Å². The van der Waals surface area contributed by atoms with Gasteiger partial charge in [-0.3, -0.25) is 4.79 Å². The minimum atomic E-state index is -1.23. The third-order valence-electron chi connectivity index (χ3n) is 3.40. The van der Waals surface area contributed by atoms with Crippen LogP contribution in [0.2, 0.25) is 0 Å². The normalized spacial score (nSPS) is 18.3. The molecule has 0 amide bonds. The highest BCUT2D eigenvalue weighted by atomic mass is 16.5. The van der Waals surface area contributed by atoms with E-state index in [-0.39, 0.29) is 11.7 Å². The zero-order chi connectivity index (χ0) is 14.1. The highest BCUT2D eigenvalue weighted by Gasteiger charge is 2.17. The molecule has 3 N–H and O–H groups in total. The van der Waals surface area contributed by atoms with Crippen molar-refractivity contribution in [2.75, 3.05) is 13.1 Å². The number of rotatable bonds is 3. The number of pyridine rings is 1. The number of hydrogen-bond acceptors (Lipinski definition) is 4. The number of nitrogens with one attached hydrogen (secondary N) is 2. The predicted octanol–water partition coefficient (Wildman–Crippen LogP) is 0.967. The Kier molecular flexibility index (Phi) is 3.15. The lowest BCUT2D eigenvalue weighted by Gasteiger charge is -2.12. The summed E-state index contributed by atoms with van der Waals surface area (Å²) in [6.45, 7) is 1.75. The number of aromatic amines is 1. The third kappa shape index (κ3) is 2.25. The summed E-state index contributed by atoms with van der Waals surface area (Å²) in [6, 6.07) is 5.01. The van der Waals surface area contributed by atoms with Crippen LogP contribution in [0, 0.1) is 0 Å². The summed E-state index contributed by atoms with van der Waals surface area (Å²) in [7, 11) is 0. The van der Waals surface area contributed by atoms with Crippen LogP contribution in [-0.4, -0.2) is 35.3 Å². The number of benzene rings is 1. The summed E-state index contributed by atoms with van der Waals surface area (Å²) in [5.41, 5.74) is -0.171. The van der Waals surface area contributed by atoms with Crippen molar-refractivity contribution in [1.29, 1.82) is 0 Å². The molecule has 1 saturated heterocycles. The monoisotopic (exact) mass is 274 g/mol. The smallest absolute Gasteiger partial charge is 0.341 e. The van der Waals surface area contributed by atoms with Crippen molar-refractivity contribution < 1.29 is 14.6 Å². The fraction of sp³-hybridized carbons (Fsp3) is 0.286. The van der Waals surface area contributed by atoms with Crippen LogP contribution in [-0.2, 0) is 0 Å². The van der Waals surface area contributed by atoms with E-state index in [1.54, 1.807) is 18.2 Å². The Morgan fingerprint density at radius 3 is 2.95 bits per heavy atom. The molecular weight excluding hydrogens is 260 g/mol. The highest BCUT2D eigenvalue weighted by Crippen LogP contribution is 2.20. The second-order valence-corrected chi connectivity index (χ2v) is 4.78. The molecule has 6 heteroatoms. The number of carboxylic acid groups (broad SMARTS) is 1. The van der Waals surface area contributed by atoms with E-state index in [9.17, 15) is 9.59 Å². The zero-order valence-corrected chi connectivity index (χ0v) is 10.7. The maximum Gasteiger partial charge on any atom is 0.341 e. The maximum absolute atomic E-state index is 12.0. The average Bonchev–Trinajstić information content (AvgIpc) is 2.91. The van der Waals surface area contributed by atoms with Gasteiger partial charge >= 0.3 is 5.97 Å². The number of carbonyl (C=O) groups is 1. The molecule has 2 heterocycles. The number of H-pyrrole nitrogens is 1. The number of aromatic carboxylic acids is 1. The van der Waals surface area contributed by atoms with Gasteiger partial charge in [0.1, 0.15) is 17.4 Å². The molecule has 1 aromatic carbocycles. The average molecular weight is 274 g/mol. The number of hydrogen-bond donors (Lipinski definition) is 3. The van der Waals surface area contributed by atoms with Crippen LogP contribution in [0.25, 0.3) is 10.9 Å². The molecule has 0 radical (unpaired) electrons. The van der Waals surface area contributed by atoms with Crippen LogP contribution in [0.5, 0.6) is 5.75 Å². The van der Waals surface area contributed by atoms with Gasteiger partial charge in [0.05, 0.1) is 5.52 Å². The molecule has 1 aliphatic heterocycles. The Morgan fingerprint density at radius 2 is 2.25 bits per heavy atom. The minimum absolute atomic E-state index is 0.137. The van der Waals surface area contributed by atoms with Crippen molar-refractivity contribution in [2.24, 2.45) is 0 Å². The van der Waals surface area contributed by atoms with E-state index in [0.717, 1.165) is 19.5 Å². The molecule has 1 atom stereocenters. The lowest BCUT2D eigenvalue weighted by Crippen LogP contribution is -2.19. The molecule has 0 unspecified atom stereocenters. The van der Waals surface area contributed by atoms with Crippen LogP contribution in [0.3, 0.4) is 0 Å². The Hall–Kier alpha value is -2.34. The van der Waals surface area contributed by atoms with E-state index in [4.69, 9.17) is 9.84 Å². The number of fused-ring (bicyclic) bond motifs is 1. The van der Waals surface area contributed by atoms with Gasteiger partial charge in [0.2, 0.25) is 5.43 Å². The van der Waals surface area contributed by atoms with Gasteiger partial charge in [-0.15, -0.1) is 0 Å². The Balaban J connectivity index is 1.97. The van der Waals surface area contributed by atoms with Gasteiger partial charge in [-0.25, -0.2) is 4.79 Å². The van der Waals surface area contributed by atoms with Crippen molar-refractivity contribution in [3.05, 3.63) is 40.2 Å². The molecule has 1 aliphatic rings. The number of aromatic nitrogens is 1. The van der Waals surface area contributed by atoms with Crippen LogP contribution in [0.4, 0.5) is 0 Å². The molecular formula is C14H14N2O4. The van der Waals surface area contributed by atoms with Gasteiger partial charge in [0, 0.05) is 24.2 Å². The molecule has 0 spiro atoms. The first-order valence-corrected chi connectivity index (χ1v) is 6.41. The fourth-order valence-electron chi connectivity index (χ4n) is 2.35. The molecule has 1 fully saturated rings. The van der Waals surface area contributed by atoms with Gasteiger partial charge in [-0.1, -0.05) is 0 Å². The van der Waals surface area contributed by atoms with Crippen molar-refractivity contribution in [2.45, 2.75) is 12.5 Å². The van der Waals surface area contributed by atoms with Gasteiger partial charge < -0.3 is 20.1 Å². The summed E-state index contributed by atoms with van der Waals surface area (Å²) in [5, 5.41) is 12.5. The van der Waals surface area contributed by atoms with Crippen LogP contribution in [0.15, 0.2) is 29.2 Å². The topological polar surface area (TPSA) is 91.4 Å². The maximum atomic E-state index is 12.0. The van der Waals surface area contributed by atoms with Crippen molar-refractivity contribution in [3.63, 3.8) is 0 Å². The van der Waals surface area contributed by atoms with Gasteiger partial charge in [0.15, 0.2) is 0 Å². The van der Waals surface area contributed by atoms with Crippen molar-refractivity contribution in [1.82, 2.24) is 10.3 Å². The number of ether oxygens (including phenoxy) is 1. The molecule has 6 nitrogen and oxygen atoms in total. The standard InChI is InChI=1S/C14H14N2O4/c17-13-10-2-1-8(20-9-3-4-15-6-9)5-12(10)16-7-11(13)14(18)19/h1-2,5,7,9,15H,3-4,6H2,(H,16,17)(H,18,19)/t9-/m0/s1. The molecule has 0 saturated carbocycles. The van der Waals surface area contributed by atoms with Gasteiger partial charge in [-0.2, -0.15) is 0 Å². The summed E-state index contributed by atoms with van der Waals surface area (Å²) in [5.74, 6) is -0.560. The first kappa shape index (κ1) is 12.7. The van der Waals surface area contributed by atoms with E-state index in [0.29, 0.717) is 16.7 Å². The van der Waals surface area contributed by atoms with Crippen molar-refractivity contribution >= 4 is 16.9 Å². The first-order chi connectivity index (χ1) is 9.65. The van der Waals surface area contributed by atoms with Crippen LogP contribution < -0.4 is 15.5 Å². The van der Waals surface area contributed by atoms with Crippen LogP contribution in [0.1, 0.15) is 16.8 Å². The molecule has 2 aromatic rings. The predicted molar refractivity (Wildman–Crippen MR) is 73.4 cm³/mol. The van der Waals surface area contributed by atoms with Crippen molar-refractivity contribution in [3.8, 4) is 5.75 Å². The zero-order valence-electron chi connectivity index (χ0n) is 10.7. The minimum Gasteiger partial charge on any atom is -0.489 e. The van der Waals surface area contributed by atoms with E-state index in [2.05, 4.69) is 10.3 Å². The third-order valence-corrected chi connectivity index (χ3v) is 3.40. The Labute approximate surface area is 114 Å². The lowest BCUT2D eigenvalue weighted by molar-refractivity contribution is 0.0695. The Morgan fingerprint density at radius 1 is 1.40 bits per heavy atom. The molecule has 1 aromatic heterocycles. The summed E-state index contributed by atoms with van der Waals surface area (Å²) < 4.78 is 5.80. The van der Waals surface area contributed by atoms with Crippen LogP contribution >= 0.6 is 0 Å².